The van der Waals surface area contributed by atoms with Crippen LogP contribution in [-0.4, -0.2) is 30.9 Å². The standard InChI is InChI=1S/C21H27ClN2O/c1-6-24(5)14-23-21-13-19(22)12-18(16(21)4)11-17-7-9-20(10-8-17)25-15(2)3/h7-10,12-15H,6,11H2,1-5H3. The first kappa shape index (κ1) is 19.3. The second-order valence-corrected chi connectivity index (χ2v) is 6.95. The highest BCUT2D eigenvalue weighted by Crippen LogP contribution is 2.29. The average molecular weight is 359 g/mol. The van der Waals surface area contributed by atoms with Gasteiger partial charge in [0.05, 0.1) is 18.1 Å². The number of halogens is 1. The number of hydrogen-bond acceptors (Lipinski definition) is 2. The van der Waals surface area contributed by atoms with E-state index in [4.69, 9.17) is 16.3 Å². The van der Waals surface area contributed by atoms with Gasteiger partial charge in [0.1, 0.15) is 5.75 Å². The molecule has 0 bridgehead atoms. The Hall–Kier alpha value is -2.00. The Morgan fingerprint density at radius 1 is 1.20 bits per heavy atom. The van der Waals surface area contributed by atoms with E-state index in [1.54, 1.807) is 0 Å². The highest BCUT2D eigenvalue weighted by molar-refractivity contribution is 6.31. The number of hydrogen-bond donors (Lipinski definition) is 0. The van der Waals surface area contributed by atoms with Crippen molar-refractivity contribution in [3.8, 4) is 5.75 Å². The van der Waals surface area contributed by atoms with Crippen LogP contribution in [0.15, 0.2) is 41.4 Å². The lowest BCUT2D eigenvalue weighted by Crippen LogP contribution is -2.14. The van der Waals surface area contributed by atoms with Crippen LogP contribution < -0.4 is 4.74 Å². The first-order valence-corrected chi connectivity index (χ1v) is 9.06. The molecule has 2 rings (SSSR count). The highest BCUT2D eigenvalue weighted by Gasteiger charge is 2.08. The lowest BCUT2D eigenvalue weighted by atomic mass is 9.99. The van der Waals surface area contributed by atoms with Gasteiger partial charge in [0.15, 0.2) is 0 Å². The predicted molar refractivity (Wildman–Crippen MR) is 108 cm³/mol. The van der Waals surface area contributed by atoms with Crippen LogP contribution in [0.3, 0.4) is 0 Å². The highest BCUT2D eigenvalue weighted by atomic mass is 35.5. The maximum Gasteiger partial charge on any atom is 0.119 e. The first-order valence-electron chi connectivity index (χ1n) is 8.68. The summed E-state index contributed by atoms with van der Waals surface area (Å²) in [5.74, 6) is 0.898. The van der Waals surface area contributed by atoms with Gasteiger partial charge in [-0.3, -0.25) is 0 Å². The Kier molecular flexibility index (Phi) is 6.89. The first-order chi connectivity index (χ1) is 11.9. The molecule has 0 unspecified atom stereocenters. The van der Waals surface area contributed by atoms with Gasteiger partial charge in [0, 0.05) is 18.6 Å². The molecule has 0 aromatic heterocycles. The van der Waals surface area contributed by atoms with Crippen molar-refractivity contribution in [2.24, 2.45) is 4.99 Å². The van der Waals surface area contributed by atoms with E-state index >= 15 is 0 Å². The fourth-order valence-electron chi connectivity index (χ4n) is 2.46. The third-order valence-electron chi connectivity index (χ3n) is 4.04. The van der Waals surface area contributed by atoms with E-state index in [0.29, 0.717) is 5.02 Å². The topological polar surface area (TPSA) is 24.8 Å². The molecule has 0 aliphatic heterocycles. The minimum Gasteiger partial charge on any atom is -0.491 e. The SMILES string of the molecule is CCN(C)C=Nc1cc(Cl)cc(Cc2ccc(OC(C)C)cc2)c1C. The zero-order chi connectivity index (χ0) is 18.4. The van der Waals surface area contributed by atoms with E-state index in [-0.39, 0.29) is 6.10 Å². The summed E-state index contributed by atoms with van der Waals surface area (Å²) in [6.45, 7) is 9.17. The van der Waals surface area contributed by atoms with Crippen LogP contribution in [0.25, 0.3) is 0 Å². The van der Waals surface area contributed by atoms with Crippen LogP contribution in [0.2, 0.25) is 5.02 Å². The average Bonchev–Trinajstić information content (AvgIpc) is 2.57. The third-order valence-corrected chi connectivity index (χ3v) is 4.25. The van der Waals surface area contributed by atoms with Gasteiger partial charge >= 0.3 is 0 Å². The van der Waals surface area contributed by atoms with E-state index in [0.717, 1.165) is 30.0 Å². The summed E-state index contributed by atoms with van der Waals surface area (Å²) in [7, 11) is 2.01. The van der Waals surface area contributed by atoms with Gasteiger partial charge in [-0.1, -0.05) is 23.7 Å². The minimum absolute atomic E-state index is 0.183. The molecule has 0 N–H and O–H groups in total. The van der Waals surface area contributed by atoms with Crippen molar-refractivity contribution in [3.63, 3.8) is 0 Å². The van der Waals surface area contributed by atoms with Crippen molar-refractivity contribution in [2.45, 2.75) is 40.2 Å². The summed E-state index contributed by atoms with van der Waals surface area (Å²) in [5, 5.41) is 0.715. The second kappa shape index (κ2) is 8.91. The van der Waals surface area contributed by atoms with E-state index in [9.17, 15) is 0 Å². The van der Waals surface area contributed by atoms with E-state index in [2.05, 4.69) is 31.0 Å². The summed E-state index contributed by atoms with van der Waals surface area (Å²) >= 11 is 6.31. The summed E-state index contributed by atoms with van der Waals surface area (Å²) in [5.41, 5.74) is 4.49. The molecule has 0 aliphatic rings. The molecule has 0 aliphatic carbocycles. The molecule has 25 heavy (non-hydrogen) atoms. The molecule has 2 aromatic carbocycles. The van der Waals surface area contributed by atoms with Crippen LogP contribution in [0.5, 0.6) is 5.75 Å². The number of benzene rings is 2. The van der Waals surface area contributed by atoms with Gasteiger partial charge in [-0.25, -0.2) is 4.99 Å². The molecule has 0 saturated heterocycles. The maximum atomic E-state index is 6.31. The van der Waals surface area contributed by atoms with Gasteiger partial charge in [-0.15, -0.1) is 0 Å². The molecular weight excluding hydrogens is 332 g/mol. The smallest absolute Gasteiger partial charge is 0.119 e. The van der Waals surface area contributed by atoms with Crippen LogP contribution in [0.4, 0.5) is 5.69 Å². The molecule has 0 atom stereocenters. The van der Waals surface area contributed by atoms with Gasteiger partial charge < -0.3 is 9.64 Å². The maximum absolute atomic E-state index is 6.31. The zero-order valence-electron chi connectivity index (χ0n) is 15.7. The summed E-state index contributed by atoms with van der Waals surface area (Å²) in [4.78, 5) is 6.62. The fraction of sp³-hybridized carbons (Fsp3) is 0.381. The second-order valence-electron chi connectivity index (χ2n) is 6.51. The van der Waals surface area contributed by atoms with Crippen molar-refractivity contribution < 1.29 is 4.74 Å². The molecule has 0 amide bonds. The zero-order valence-corrected chi connectivity index (χ0v) is 16.5. The van der Waals surface area contributed by atoms with Crippen molar-refractivity contribution in [1.82, 2.24) is 4.90 Å². The molecule has 0 fully saturated rings. The molecule has 0 saturated carbocycles. The van der Waals surface area contributed by atoms with E-state index in [1.807, 2.05) is 56.4 Å². The number of rotatable bonds is 7. The number of nitrogens with zero attached hydrogens (tertiary/aromatic N) is 2. The fourth-order valence-corrected chi connectivity index (χ4v) is 2.69. The number of aliphatic imine (C=N–C) groups is 1. The van der Waals surface area contributed by atoms with Gasteiger partial charge in [-0.05, 0) is 75.1 Å². The van der Waals surface area contributed by atoms with Crippen molar-refractivity contribution >= 4 is 23.6 Å². The summed E-state index contributed by atoms with van der Waals surface area (Å²) in [6.07, 6.45) is 2.85. The van der Waals surface area contributed by atoms with Crippen LogP contribution in [0.1, 0.15) is 37.5 Å². The molecule has 134 valence electrons. The van der Waals surface area contributed by atoms with E-state index < -0.39 is 0 Å². The van der Waals surface area contributed by atoms with E-state index in [1.165, 1.54) is 11.1 Å². The monoisotopic (exact) mass is 358 g/mol. The lowest BCUT2D eigenvalue weighted by molar-refractivity contribution is 0.242. The predicted octanol–water partition coefficient (Wildman–Crippen LogP) is 5.64. The third kappa shape index (κ3) is 5.79. The molecule has 4 heteroatoms. The van der Waals surface area contributed by atoms with Crippen molar-refractivity contribution in [2.75, 3.05) is 13.6 Å². The largest absolute Gasteiger partial charge is 0.491 e. The van der Waals surface area contributed by atoms with Gasteiger partial charge in [0.2, 0.25) is 0 Å². The lowest BCUT2D eigenvalue weighted by Gasteiger charge is -2.13. The van der Waals surface area contributed by atoms with Crippen molar-refractivity contribution in [1.29, 1.82) is 0 Å². The Morgan fingerprint density at radius 3 is 2.48 bits per heavy atom. The van der Waals surface area contributed by atoms with Gasteiger partial charge in [-0.2, -0.15) is 0 Å². The Labute approximate surface area is 156 Å². The molecule has 2 aromatic rings. The summed E-state index contributed by atoms with van der Waals surface area (Å²) in [6, 6.07) is 12.2. The summed E-state index contributed by atoms with van der Waals surface area (Å²) < 4.78 is 5.70. The van der Waals surface area contributed by atoms with Crippen LogP contribution in [0, 0.1) is 6.92 Å². The Bertz CT molecular complexity index is 723. The quantitative estimate of drug-likeness (QED) is 0.472. The molecule has 3 nitrogen and oxygen atoms in total. The Balaban J connectivity index is 2.21. The van der Waals surface area contributed by atoms with Crippen molar-refractivity contribution in [3.05, 3.63) is 58.1 Å². The normalized spacial score (nSPS) is 11.3. The van der Waals surface area contributed by atoms with Gasteiger partial charge in [0.25, 0.3) is 0 Å². The van der Waals surface area contributed by atoms with Crippen LogP contribution in [-0.2, 0) is 6.42 Å². The Morgan fingerprint density at radius 2 is 1.88 bits per heavy atom. The molecule has 0 heterocycles. The molecule has 0 spiro atoms. The molecular formula is C21H27ClN2O. The minimum atomic E-state index is 0.183. The molecule has 0 radical (unpaired) electrons. The van der Waals surface area contributed by atoms with Crippen LogP contribution >= 0.6 is 11.6 Å². The number of ether oxygens (including phenoxy) is 1.